The van der Waals surface area contributed by atoms with Crippen molar-refractivity contribution in [1.29, 1.82) is 0 Å². The summed E-state index contributed by atoms with van der Waals surface area (Å²) in [4.78, 5) is 33.1. The Hall–Kier alpha value is -2.54. The molecule has 174 valence electrons. The van der Waals surface area contributed by atoms with E-state index in [1.54, 1.807) is 11.0 Å². The minimum Gasteiger partial charge on any atom is -0.445 e. The quantitative estimate of drug-likeness (QED) is 0.673. The van der Waals surface area contributed by atoms with Gasteiger partial charge in [0.05, 0.1) is 0 Å². The fourth-order valence-electron chi connectivity index (χ4n) is 5.64. The van der Waals surface area contributed by atoms with Crippen LogP contribution in [0.2, 0.25) is 0 Å². The van der Waals surface area contributed by atoms with Crippen LogP contribution in [0.3, 0.4) is 0 Å². The average molecular weight is 441 g/mol. The first-order chi connectivity index (χ1) is 15.4. The SMILES string of the molecule is C=CCOC(=O)N1CCCC(N2CCC3(CC2)CN(C(=O)N(C)C)c2ccccc23)CC1. The topological polar surface area (TPSA) is 56.3 Å². The van der Waals surface area contributed by atoms with Gasteiger partial charge in [0.15, 0.2) is 0 Å². The molecule has 2 saturated heterocycles. The lowest BCUT2D eigenvalue weighted by molar-refractivity contribution is 0.102. The van der Waals surface area contributed by atoms with Gasteiger partial charge in [0.25, 0.3) is 0 Å². The number of benzene rings is 1. The number of carbonyl (C=O) groups is 2. The Morgan fingerprint density at radius 2 is 1.91 bits per heavy atom. The number of hydrogen-bond acceptors (Lipinski definition) is 4. The van der Waals surface area contributed by atoms with Gasteiger partial charge in [-0.25, -0.2) is 9.59 Å². The minimum absolute atomic E-state index is 0.0457. The van der Waals surface area contributed by atoms with Gasteiger partial charge >= 0.3 is 12.1 Å². The molecule has 1 aromatic carbocycles. The number of carbonyl (C=O) groups excluding carboxylic acids is 2. The fraction of sp³-hybridized carbons (Fsp3) is 0.600. The molecular weight excluding hydrogens is 404 g/mol. The highest BCUT2D eigenvalue weighted by Gasteiger charge is 2.47. The van der Waals surface area contributed by atoms with Gasteiger partial charge in [-0.1, -0.05) is 30.9 Å². The Morgan fingerprint density at radius 1 is 1.16 bits per heavy atom. The molecule has 0 radical (unpaired) electrons. The van der Waals surface area contributed by atoms with Crippen LogP contribution in [0.15, 0.2) is 36.9 Å². The van der Waals surface area contributed by atoms with Gasteiger partial charge in [-0.2, -0.15) is 0 Å². The molecule has 32 heavy (non-hydrogen) atoms. The summed E-state index contributed by atoms with van der Waals surface area (Å²) in [5, 5.41) is 0. The normalized spacial score (nSPS) is 22.9. The van der Waals surface area contributed by atoms with Crippen molar-refractivity contribution in [2.75, 3.05) is 58.3 Å². The molecule has 0 bridgehead atoms. The Bertz CT molecular complexity index is 847. The van der Waals surface area contributed by atoms with Crippen LogP contribution in [0, 0.1) is 0 Å². The zero-order valence-corrected chi connectivity index (χ0v) is 19.5. The Kier molecular flexibility index (Phi) is 6.74. The molecule has 3 aliphatic heterocycles. The molecule has 7 heteroatoms. The lowest BCUT2D eigenvalue weighted by Crippen LogP contribution is -2.50. The first kappa shape index (κ1) is 22.6. The van der Waals surface area contributed by atoms with Gasteiger partial charge in [-0.3, -0.25) is 4.90 Å². The summed E-state index contributed by atoms with van der Waals surface area (Å²) in [5.74, 6) is 0. The molecule has 3 amide bonds. The predicted molar refractivity (Wildman–Crippen MR) is 126 cm³/mol. The van der Waals surface area contributed by atoms with E-state index < -0.39 is 0 Å². The van der Waals surface area contributed by atoms with Crippen LogP contribution in [0.5, 0.6) is 0 Å². The predicted octanol–water partition coefficient (Wildman–Crippen LogP) is 3.70. The number of fused-ring (bicyclic) bond motifs is 2. The minimum atomic E-state index is -0.226. The van der Waals surface area contributed by atoms with E-state index in [1.165, 1.54) is 5.56 Å². The number of amides is 3. The van der Waals surface area contributed by atoms with Crippen LogP contribution in [0.1, 0.15) is 37.7 Å². The molecule has 4 rings (SSSR count). The highest BCUT2D eigenvalue weighted by atomic mass is 16.6. The number of urea groups is 1. The highest BCUT2D eigenvalue weighted by molar-refractivity contribution is 5.95. The zero-order chi connectivity index (χ0) is 22.7. The van der Waals surface area contributed by atoms with Crippen molar-refractivity contribution in [3.8, 4) is 0 Å². The summed E-state index contributed by atoms with van der Waals surface area (Å²) in [6.07, 6.45) is 6.60. The van der Waals surface area contributed by atoms with E-state index in [-0.39, 0.29) is 24.1 Å². The molecular formula is C25H36N4O3. The maximum absolute atomic E-state index is 12.8. The molecule has 0 aliphatic carbocycles. The van der Waals surface area contributed by atoms with Gasteiger partial charge < -0.3 is 19.4 Å². The van der Waals surface area contributed by atoms with E-state index in [4.69, 9.17) is 4.74 Å². The average Bonchev–Trinajstić information content (AvgIpc) is 2.95. The monoisotopic (exact) mass is 440 g/mol. The standard InChI is InChI=1S/C25H36N4O3/c1-4-18-32-24(31)28-14-7-8-20(11-15-28)27-16-12-25(13-17-27)19-29(23(30)26(2)3)22-10-6-5-9-21(22)25/h4-6,9-10,20H,1,7-8,11-19H2,2-3H3. The summed E-state index contributed by atoms with van der Waals surface area (Å²) in [7, 11) is 3.64. The third-order valence-corrected chi connectivity index (χ3v) is 7.39. The highest BCUT2D eigenvalue weighted by Crippen LogP contribution is 2.47. The van der Waals surface area contributed by atoms with Crippen molar-refractivity contribution in [3.63, 3.8) is 0 Å². The lowest BCUT2D eigenvalue weighted by atomic mass is 9.74. The third kappa shape index (κ3) is 4.35. The van der Waals surface area contributed by atoms with E-state index in [0.29, 0.717) is 6.04 Å². The van der Waals surface area contributed by atoms with E-state index >= 15 is 0 Å². The molecule has 3 heterocycles. The van der Waals surface area contributed by atoms with Gasteiger partial charge in [0.1, 0.15) is 6.61 Å². The lowest BCUT2D eigenvalue weighted by Gasteiger charge is -2.43. The van der Waals surface area contributed by atoms with Crippen molar-refractivity contribution >= 4 is 17.8 Å². The summed E-state index contributed by atoms with van der Waals surface area (Å²) in [6.45, 7) is 8.22. The van der Waals surface area contributed by atoms with Gasteiger partial charge in [-0.05, 0) is 56.8 Å². The molecule has 3 aliphatic rings. The van der Waals surface area contributed by atoms with E-state index in [2.05, 4.69) is 29.7 Å². The Balaban J connectivity index is 1.39. The molecule has 2 fully saturated rings. The molecule has 1 aromatic rings. The maximum atomic E-state index is 12.8. The fourth-order valence-corrected chi connectivity index (χ4v) is 5.64. The van der Waals surface area contributed by atoms with E-state index in [1.807, 2.05) is 30.0 Å². The molecule has 1 unspecified atom stereocenters. The number of rotatable bonds is 3. The first-order valence-electron chi connectivity index (χ1n) is 11.8. The van der Waals surface area contributed by atoms with E-state index in [9.17, 15) is 9.59 Å². The maximum Gasteiger partial charge on any atom is 0.410 e. The largest absolute Gasteiger partial charge is 0.445 e. The number of hydrogen-bond donors (Lipinski definition) is 0. The van der Waals surface area contributed by atoms with Crippen molar-refractivity contribution in [2.24, 2.45) is 0 Å². The summed E-state index contributed by atoms with van der Waals surface area (Å²) >= 11 is 0. The van der Waals surface area contributed by atoms with Crippen LogP contribution >= 0.6 is 0 Å². The zero-order valence-electron chi connectivity index (χ0n) is 19.5. The van der Waals surface area contributed by atoms with Crippen molar-refractivity contribution in [3.05, 3.63) is 42.5 Å². The second-order valence-electron chi connectivity index (χ2n) is 9.53. The number of para-hydroxylation sites is 1. The van der Waals surface area contributed by atoms with Crippen LogP contribution in [0.4, 0.5) is 15.3 Å². The summed E-state index contributed by atoms with van der Waals surface area (Å²) in [6, 6.07) is 8.99. The molecule has 0 N–H and O–H groups in total. The van der Waals surface area contributed by atoms with Gasteiger partial charge in [0.2, 0.25) is 0 Å². The summed E-state index contributed by atoms with van der Waals surface area (Å²) < 4.78 is 5.23. The number of nitrogens with zero attached hydrogens (tertiary/aromatic N) is 4. The van der Waals surface area contributed by atoms with Crippen molar-refractivity contribution in [1.82, 2.24) is 14.7 Å². The van der Waals surface area contributed by atoms with Crippen LogP contribution in [0.25, 0.3) is 0 Å². The molecule has 0 aromatic heterocycles. The molecule has 0 saturated carbocycles. The van der Waals surface area contributed by atoms with Crippen molar-refractivity contribution < 1.29 is 14.3 Å². The number of piperidine rings is 1. The van der Waals surface area contributed by atoms with Crippen LogP contribution < -0.4 is 4.90 Å². The second kappa shape index (κ2) is 9.53. The third-order valence-electron chi connectivity index (χ3n) is 7.39. The Labute approximate surface area is 191 Å². The first-order valence-corrected chi connectivity index (χ1v) is 11.8. The smallest absolute Gasteiger partial charge is 0.410 e. The molecule has 1 spiro atoms. The van der Waals surface area contributed by atoms with Crippen LogP contribution in [-0.2, 0) is 10.2 Å². The molecule has 7 nitrogen and oxygen atoms in total. The number of ether oxygens (including phenoxy) is 1. The van der Waals surface area contributed by atoms with Gasteiger partial charge in [-0.15, -0.1) is 0 Å². The van der Waals surface area contributed by atoms with Gasteiger partial charge in [0, 0.05) is 50.9 Å². The van der Waals surface area contributed by atoms with Crippen molar-refractivity contribution in [2.45, 2.75) is 43.6 Å². The van der Waals surface area contributed by atoms with Crippen LogP contribution in [-0.4, -0.2) is 86.3 Å². The summed E-state index contributed by atoms with van der Waals surface area (Å²) in [5.41, 5.74) is 2.44. The Morgan fingerprint density at radius 3 is 2.62 bits per heavy atom. The van der Waals surface area contributed by atoms with E-state index in [0.717, 1.165) is 70.5 Å². The number of anilines is 1. The number of likely N-dealkylation sites (tertiary alicyclic amines) is 2. The molecule has 1 atom stereocenters. The second-order valence-corrected chi connectivity index (χ2v) is 9.53.